The van der Waals surface area contributed by atoms with Gasteiger partial charge >= 0.3 is 0 Å². The molecular weight excluding hydrogens is 462 g/mol. The Morgan fingerprint density at radius 1 is 1.27 bits per heavy atom. The summed E-state index contributed by atoms with van der Waals surface area (Å²) in [5.74, 6) is 0.108. The van der Waals surface area contributed by atoms with Gasteiger partial charge in [0.2, 0.25) is 15.9 Å². The molecule has 0 aliphatic carbocycles. The monoisotopic (exact) mass is 489 g/mol. The summed E-state index contributed by atoms with van der Waals surface area (Å²) in [6.07, 6.45) is 5.56. The van der Waals surface area contributed by atoms with Crippen molar-refractivity contribution in [3.05, 3.63) is 51.6 Å². The number of pyridine rings is 1. The molecule has 11 heteroatoms. The second-order valence-electron chi connectivity index (χ2n) is 8.75. The molecule has 1 N–H and O–H groups in total. The summed E-state index contributed by atoms with van der Waals surface area (Å²) in [7, 11) is -3.87. The SMILES string of the molecule is Cc1sc2ncn(CC(=O)NCc3cccnc3)c(=O)c2c1S(=O)(=O)N1C[C@H](C)C[C@@H](C)C1. The van der Waals surface area contributed by atoms with E-state index in [1.54, 1.807) is 25.4 Å². The van der Waals surface area contributed by atoms with E-state index in [1.807, 2.05) is 19.9 Å². The van der Waals surface area contributed by atoms with Crippen LogP contribution in [0.25, 0.3) is 10.2 Å². The lowest BCUT2D eigenvalue weighted by Crippen LogP contribution is -2.43. The second-order valence-corrected chi connectivity index (χ2v) is 11.8. The summed E-state index contributed by atoms with van der Waals surface area (Å²) in [6, 6.07) is 3.61. The number of aryl methyl sites for hydroxylation is 1. The zero-order valence-electron chi connectivity index (χ0n) is 18.8. The molecule has 1 aliphatic rings. The van der Waals surface area contributed by atoms with Crippen molar-refractivity contribution in [3.8, 4) is 0 Å². The van der Waals surface area contributed by atoms with Crippen LogP contribution in [0.3, 0.4) is 0 Å². The molecule has 0 aromatic carbocycles. The highest BCUT2D eigenvalue weighted by atomic mass is 32.2. The molecule has 3 aromatic rings. The number of carbonyl (C=O) groups excluding carboxylic acids is 1. The fourth-order valence-electron chi connectivity index (χ4n) is 4.38. The highest BCUT2D eigenvalue weighted by molar-refractivity contribution is 7.89. The Bertz CT molecular complexity index is 1320. The van der Waals surface area contributed by atoms with Crippen molar-refractivity contribution in [3.63, 3.8) is 0 Å². The van der Waals surface area contributed by atoms with E-state index in [0.29, 0.717) is 22.8 Å². The maximum absolute atomic E-state index is 13.6. The Balaban J connectivity index is 1.64. The van der Waals surface area contributed by atoms with Crippen LogP contribution in [0.15, 0.2) is 40.5 Å². The number of carbonyl (C=O) groups is 1. The van der Waals surface area contributed by atoms with Crippen molar-refractivity contribution in [1.29, 1.82) is 0 Å². The molecule has 1 aliphatic heterocycles. The summed E-state index contributed by atoms with van der Waals surface area (Å²) < 4.78 is 29.8. The molecule has 9 nitrogen and oxygen atoms in total. The lowest BCUT2D eigenvalue weighted by atomic mass is 9.94. The number of rotatable bonds is 6. The van der Waals surface area contributed by atoms with Crippen molar-refractivity contribution in [2.24, 2.45) is 11.8 Å². The van der Waals surface area contributed by atoms with Gasteiger partial charge in [-0.1, -0.05) is 19.9 Å². The van der Waals surface area contributed by atoms with Gasteiger partial charge in [-0.15, -0.1) is 11.3 Å². The summed E-state index contributed by atoms with van der Waals surface area (Å²) in [5, 5.41) is 2.80. The first-order chi connectivity index (χ1) is 15.7. The molecular formula is C22H27N5O4S2. The Kier molecular flexibility index (Phi) is 6.64. The fraction of sp³-hybridized carbons (Fsp3) is 0.455. The minimum absolute atomic E-state index is 0.0198. The molecule has 0 saturated carbocycles. The number of nitrogens with zero attached hydrogens (tertiary/aromatic N) is 4. The Morgan fingerprint density at radius 2 is 2.00 bits per heavy atom. The summed E-state index contributed by atoms with van der Waals surface area (Å²) in [5.41, 5.74) is 0.302. The van der Waals surface area contributed by atoms with Gasteiger partial charge in [-0.2, -0.15) is 4.31 Å². The van der Waals surface area contributed by atoms with E-state index in [0.717, 1.165) is 16.6 Å². The van der Waals surface area contributed by atoms with Gasteiger partial charge < -0.3 is 5.32 Å². The van der Waals surface area contributed by atoms with Crippen LogP contribution in [0.1, 0.15) is 30.7 Å². The van der Waals surface area contributed by atoms with Gasteiger partial charge in [0.05, 0.1) is 11.7 Å². The third kappa shape index (κ3) is 4.85. The van der Waals surface area contributed by atoms with Crippen LogP contribution in [0, 0.1) is 18.8 Å². The first-order valence-electron chi connectivity index (χ1n) is 10.8. The van der Waals surface area contributed by atoms with Crippen LogP contribution in [-0.4, -0.2) is 46.3 Å². The van der Waals surface area contributed by atoms with Gasteiger partial charge in [0.15, 0.2) is 0 Å². The molecule has 0 unspecified atom stereocenters. The predicted octanol–water partition coefficient (Wildman–Crippen LogP) is 2.14. The lowest BCUT2D eigenvalue weighted by Gasteiger charge is -2.34. The topological polar surface area (TPSA) is 114 Å². The van der Waals surface area contributed by atoms with E-state index >= 15 is 0 Å². The van der Waals surface area contributed by atoms with Crippen LogP contribution in [0.2, 0.25) is 0 Å². The molecule has 1 amide bonds. The molecule has 33 heavy (non-hydrogen) atoms. The zero-order valence-corrected chi connectivity index (χ0v) is 20.4. The predicted molar refractivity (Wildman–Crippen MR) is 126 cm³/mol. The summed E-state index contributed by atoms with van der Waals surface area (Å²) in [4.78, 5) is 34.9. The average molecular weight is 490 g/mol. The minimum atomic E-state index is -3.87. The average Bonchev–Trinajstić information content (AvgIpc) is 3.12. The van der Waals surface area contributed by atoms with Gasteiger partial charge in [-0.05, 0) is 36.8 Å². The number of hydrogen-bond donors (Lipinski definition) is 1. The number of nitrogens with one attached hydrogen (secondary N) is 1. The van der Waals surface area contributed by atoms with E-state index in [2.05, 4.69) is 15.3 Å². The molecule has 3 aromatic heterocycles. The maximum Gasteiger partial charge on any atom is 0.263 e. The number of fused-ring (bicyclic) bond motifs is 1. The van der Waals surface area contributed by atoms with Crippen LogP contribution < -0.4 is 10.9 Å². The van der Waals surface area contributed by atoms with E-state index in [9.17, 15) is 18.0 Å². The van der Waals surface area contributed by atoms with Crippen molar-refractivity contribution in [1.82, 2.24) is 24.2 Å². The Hall–Kier alpha value is -2.63. The molecule has 4 rings (SSSR count). The number of hydrogen-bond acceptors (Lipinski definition) is 7. The van der Waals surface area contributed by atoms with Crippen molar-refractivity contribution < 1.29 is 13.2 Å². The van der Waals surface area contributed by atoms with Crippen molar-refractivity contribution in [2.45, 2.75) is 45.2 Å². The molecule has 2 atom stereocenters. The van der Waals surface area contributed by atoms with E-state index < -0.39 is 15.6 Å². The van der Waals surface area contributed by atoms with Crippen molar-refractivity contribution in [2.75, 3.05) is 13.1 Å². The Labute approximate surface area is 196 Å². The number of piperidine rings is 1. The number of aromatic nitrogens is 3. The smallest absolute Gasteiger partial charge is 0.263 e. The summed E-state index contributed by atoms with van der Waals surface area (Å²) >= 11 is 1.18. The molecule has 0 bridgehead atoms. The van der Waals surface area contributed by atoms with Crippen LogP contribution in [-0.2, 0) is 27.9 Å². The molecule has 4 heterocycles. The Morgan fingerprint density at radius 3 is 2.67 bits per heavy atom. The molecule has 176 valence electrons. The van der Waals surface area contributed by atoms with Gasteiger partial charge in [-0.25, -0.2) is 13.4 Å². The van der Waals surface area contributed by atoms with Gasteiger partial charge in [0.25, 0.3) is 5.56 Å². The standard InChI is InChI=1S/C22H27N5O4S2/c1-14-7-15(2)11-27(10-14)33(30,31)20-16(3)32-21-19(20)22(29)26(13-25-21)12-18(28)24-9-17-5-4-6-23-8-17/h4-6,8,13-15H,7,9-12H2,1-3H3,(H,24,28)/t14-,15-/m1/s1. The van der Waals surface area contributed by atoms with Crippen LogP contribution in [0.4, 0.5) is 0 Å². The molecule has 1 fully saturated rings. The first-order valence-corrected chi connectivity index (χ1v) is 13.1. The lowest BCUT2D eigenvalue weighted by molar-refractivity contribution is -0.121. The van der Waals surface area contributed by atoms with Gasteiger partial charge in [0, 0.05) is 36.9 Å². The minimum Gasteiger partial charge on any atom is -0.350 e. The number of sulfonamides is 1. The normalized spacial score (nSPS) is 19.6. The zero-order chi connectivity index (χ0) is 23.8. The highest BCUT2D eigenvalue weighted by Crippen LogP contribution is 2.35. The van der Waals surface area contributed by atoms with Crippen LogP contribution >= 0.6 is 11.3 Å². The van der Waals surface area contributed by atoms with E-state index in [4.69, 9.17) is 0 Å². The highest BCUT2D eigenvalue weighted by Gasteiger charge is 2.35. The summed E-state index contributed by atoms with van der Waals surface area (Å²) in [6.45, 7) is 6.64. The van der Waals surface area contributed by atoms with Gasteiger partial charge in [-0.3, -0.25) is 19.1 Å². The fourth-order valence-corrected chi connectivity index (χ4v) is 7.73. The quantitative estimate of drug-likeness (QED) is 0.567. The molecule has 0 spiro atoms. The van der Waals surface area contributed by atoms with Gasteiger partial charge in [0.1, 0.15) is 16.3 Å². The van der Waals surface area contributed by atoms with E-state index in [1.165, 1.54) is 22.0 Å². The maximum atomic E-state index is 13.6. The molecule has 1 saturated heterocycles. The second kappa shape index (κ2) is 9.32. The van der Waals surface area contributed by atoms with Crippen molar-refractivity contribution >= 4 is 37.5 Å². The number of amides is 1. The third-order valence-electron chi connectivity index (χ3n) is 5.76. The third-order valence-corrected chi connectivity index (χ3v) is 8.91. The van der Waals surface area contributed by atoms with Crippen LogP contribution in [0.5, 0.6) is 0 Å². The first kappa shape index (κ1) is 23.5. The number of thiophene rings is 1. The molecule has 0 radical (unpaired) electrons. The largest absolute Gasteiger partial charge is 0.350 e. The van der Waals surface area contributed by atoms with E-state index in [-0.39, 0.29) is 41.1 Å².